The van der Waals surface area contributed by atoms with Crippen LogP contribution in [0.1, 0.15) is 58.3 Å². The second-order valence-electron chi connectivity index (χ2n) is 8.18. The van der Waals surface area contributed by atoms with E-state index in [1.807, 2.05) is 43.3 Å². The molecule has 8 heteroatoms. The molecule has 0 saturated heterocycles. The molecule has 1 heterocycles. The maximum absolute atomic E-state index is 12.9. The fourth-order valence-electron chi connectivity index (χ4n) is 3.81. The SMILES string of the molecule is CCCC(=O)CCC=O.COC(=O)CCCCCn1c2ccc(Br)cc2c(=O)c2cc(Br)ccc21. The van der Waals surface area contributed by atoms with Crippen LogP contribution in [0.2, 0.25) is 0 Å². The molecule has 0 radical (unpaired) electrons. The fourth-order valence-corrected chi connectivity index (χ4v) is 4.53. The monoisotopic (exact) mass is 607 g/mol. The number of methoxy groups -OCH3 is 1. The van der Waals surface area contributed by atoms with E-state index in [-0.39, 0.29) is 17.2 Å². The number of carbonyl (C=O) groups excluding carboxylic acids is 3. The van der Waals surface area contributed by atoms with E-state index in [9.17, 15) is 19.2 Å². The van der Waals surface area contributed by atoms with Crippen molar-refractivity contribution in [3.63, 3.8) is 0 Å². The van der Waals surface area contributed by atoms with Crippen molar-refractivity contribution in [3.05, 3.63) is 55.6 Å². The van der Waals surface area contributed by atoms with Crippen molar-refractivity contribution in [3.8, 4) is 0 Å². The Morgan fingerprint density at radius 3 is 2.03 bits per heavy atom. The molecule has 0 aliphatic carbocycles. The van der Waals surface area contributed by atoms with E-state index in [2.05, 4.69) is 41.2 Å². The maximum atomic E-state index is 12.9. The standard InChI is InChI=1S/C20H19Br2NO3.C7H12O2/c1-26-19(24)5-3-2-4-10-23-17-8-6-13(21)11-15(17)20(25)16-12-14(22)7-9-18(16)23;1-2-4-7(9)5-3-6-8/h6-9,11-12H,2-5,10H2,1H3;6H,2-5H2,1H3. The van der Waals surface area contributed by atoms with Gasteiger partial charge in [-0.2, -0.15) is 0 Å². The number of aldehydes is 1. The van der Waals surface area contributed by atoms with Gasteiger partial charge in [-0.15, -0.1) is 0 Å². The molecule has 0 N–H and O–H groups in total. The van der Waals surface area contributed by atoms with Crippen LogP contribution < -0.4 is 5.43 Å². The number of aromatic nitrogens is 1. The number of fused-ring (bicyclic) bond motifs is 2. The molecule has 0 amide bonds. The summed E-state index contributed by atoms with van der Waals surface area (Å²) in [5.41, 5.74) is 1.90. The quantitative estimate of drug-likeness (QED) is 0.104. The Kier molecular flexibility index (Phi) is 12.3. The lowest BCUT2D eigenvalue weighted by Gasteiger charge is -2.15. The molecule has 0 aliphatic rings. The lowest BCUT2D eigenvalue weighted by atomic mass is 10.1. The summed E-state index contributed by atoms with van der Waals surface area (Å²) in [6.45, 7) is 2.75. The van der Waals surface area contributed by atoms with Gasteiger partial charge in [0.15, 0.2) is 5.43 Å². The van der Waals surface area contributed by atoms with Crippen molar-refractivity contribution in [2.24, 2.45) is 0 Å². The molecule has 3 aromatic rings. The van der Waals surface area contributed by atoms with Crippen LogP contribution in [0, 0.1) is 0 Å². The minimum absolute atomic E-state index is 0.0412. The summed E-state index contributed by atoms with van der Waals surface area (Å²) >= 11 is 6.92. The minimum Gasteiger partial charge on any atom is -0.469 e. The number of Topliss-reactive ketones (excluding diaryl/α,β-unsaturated/α-hetero) is 1. The Morgan fingerprint density at radius 1 is 0.914 bits per heavy atom. The number of esters is 1. The number of unbranched alkanes of at least 4 members (excludes halogenated alkanes) is 2. The number of nitrogens with zero attached hydrogens (tertiary/aromatic N) is 1. The third-order valence-electron chi connectivity index (χ3n) is 5.55. The van der Waals surface area contributed by atoms with Gasteiger partial charge in [0, 0.05) is 51.9 Å². The molecule has 0 atom stereocenters. The van der Waals surface area contributed by atoms with Gasteiger partial charge in [-0.1, -0.05) is 45.2 Å². The van der Waals surface area contributed by atoms with Gasteiger partial charge in [0.25, 0.3) is 0 Å². The van der Waals surface area contributed by atoms with Gasteiger partial charge in [0.05, 0.1) is 18.1 Å². The van der Waals surface area contributed by atoms with Crippen LogP contribution in [0.5, 0.6) is 0 Å². The van der Waals surface area contributed by atoms with Gasteiger partial charge >= 0.3 is 5.97 Å². The molecule has 0 bridgehead atoms. The molecule has 0 fully saturated rings. The molecule has 0 saturated carbocycles. The van der Waals surface area contributed by atoms with Gasteiger partial charge in [-0.3, -0.25) is 14.4 Å². The third-order valence-corrected chi connectivity index (χ3v) is 6.53. The number of benzene rings is 2. The highest BCUT2D eigenvalue weighted by molar-refractivity contribution is 9.10. The highest BCUT2D eigenvalue weighted by Gasteiger charge is 2.12. The van der Waals surface area contributed by atoms with Crippen LogP contribution in [-0.2, 0) is 25.7 Å². The Bertz CT molecular complexity index is 1170. The summed E-state index contributed by atoms with van der Waals surface area (Å²) in [6.07, 6.45) is 6.21. The minimum atomic E-state index is -0.168. The topological polar surface area (TPSA) is 82.4 Å². The molecule has 1 aromatic heterocycles. The highest BCUT2D eigenvalue weighted by Crippen LogP contribution is 2.25. The van der Waals surface area contributed by atoms with Crippen molar-refractivity contribution in [1.82, 2.24) is 4.57 Å². The first-order chi connectivity index (χ1) is 16.8. The molecular formula is C27H31Br2NO5. The van der Waals surface area contributed by atoms with E-state index in [4.69, 9.17) is 0 Å². The van der Waals surface area contributed by atoms with Crippen molar-refractivity contribution in [1.29, 1.82) is 0 Å². The number of hydrogen-bond donors (Lipinski definition) is 0. The van der Waals surface area contributed by atoms with Crippen LogP contribution in [-0.4, -0.2) is 29.7 Å². The summed E-state index contributed by atoms with van der Waals surface area (Å²) in [4.78, 5) is 44.6. The van der Waals surface area contributed by atoms with Crippen LogP contribution in [0.3, 0.4) is 0 Å². The Hall–Kier alpha value is -2.32. The largest absolute Gasteiger partial charge is 0.469 e. The van der Waals surface area contributed by atoms with E-state index >= 15 is 0 Å². The first kappa shape index (κ1) is 28.9. The number of aryl methyl sites for hydroxylation is 1. The van der Waals surface area contributed by atoms with Gasteiger partial charge in [-0.05, 0) is 55.7 Å². The maximum Gasteiger partial charge on any atom is 0.305 e. The smallest absolute Gasteiger partial charge is 0.305 e. The number of pyridine rings is 1. The zero-order chi connectivity index (χ0) is 25.8. The molecule has 6 nitrogen and oxygen atoms in total. The Labute approximate surface area is 222 Å². The van der Waals surface area contributed by atoms with Crippen molar-refractivity contribution < 1.29 is 19.1 Å². The summed E-state index contributed by atoms with van der Waals surface area (Å²) in [5.74, 6) is 0.0311. The second-order valence-corrected chi connectivity index (χ2v) is 10.0. The Morgan fingerprint density at radius 2 is 1.51 bits per heavy atom. The highest BCUT2D eigenvalue weighted by atomic mass is 79.9. The fraction of sp³-hybridized carbons (Fsp3) is 0.407. The van der Waals surface area contributed by atoms with Crippen molar-refractivity contribution in [2.45, 2.75) is 64.8 Å². The van der Waals surface area contributed by atoms with Gasteiger partial charge in [-0.25, -0.2) is 0 Å². The number of ether oxygens (including phenoxy) is 1. The Balaban J connectivity index is 0.000000410. The summed E-state index contributed by atoms with van der Waals surface area (Å²) in [7, 11) is 1.41. The molecule has 0 unspecified atom stereocenters. The molecule has 3 rings (SSSR count). The third kappa shape index (κ3) is 8.69. The normalized spacial score (nSPS) is 10.6. The lowest BCUT2D eigenvalue weighted by molar-refractivity contribution is -0.140. The summed E-state index contributed by atoms with van der Waals surface area (Å²) in [5, 5.41) is 1.42. The first-order valence-electron chi connectivity index (χ1n) is 11.8. The average Bonchev–Trinajstić information content (AvgIpc) is 2.85. The van der Waals surface area contributed by atoms with E-state index in [0.29, 0.717) is 36.5 Å². The molecule has 188 valence electrons. The number of halogens is 2. The predicted molar refractivity (Wildman–Crippen MR) is 147 cm³/mol. The molecule has 0 aliphatic heterocycles. The molecule has 0 spiro atoms. The molecular weight excluding hydrogens is 578 g/mol. The van der Waals surface area contributed by atoms with Crippen LogP contribution in [0.4, 0.5) is 0 Å². The molecule has 2 aromatic carbocycles. The van der Waals surface area contributed by atoms with Crippen molar-refractivity contribution in [2.75, 3.05) is 7.11 Å². The van der Waals surface area contributed by atoms with Crippen LogP contribution in [0.25, 0.3) is 21.8 Å². The first-order valence-corrected chi connectivity index (χ1v) is 13.3. The van der Waals surface area contributed by atoms with E-state index in [0.717, 1.165) is 58.5 Å². The van der Waals surface area contributed by atoms with E-state index in [1.165, 1.54) is 7.11 Å². The van der Waals surface area contributed by atoms with E-state index in [1.54, 1.807) is 0 Å². The number of ketones is 1. The zero-order valence-electron chi connectivity index (χ0n) is 20.1. The van der Waals surface area contributed by atoms with Crippen molar-refractivity contribution >= 4 is 71.7 Å². The number of carbonyl (C=O) groups is 3. The van der Waals surface area contributed by atoms with Gasteiger partial charge in [0.1, 0.15) is 12.1 Å². The summed E-state index contributed by atoms with van der Waals surface area (Å²) in [6, 6.07) is 11.6. The van der Waals surface area contributed by atoms with E-state index < -0.39 is 0 Å². The number of hydrogen-bond acceptors (Lipinski definition) is 5. The van der Waals surface area contributed by atoms with Gasteiger partial charge in [0.2, 0.25) is 0 Å². The van der Waals surface area contributed by atoms with Gasteiger partial charge < -0.3 is 14.1 Å². The zero-order valence-corrected chi connectivity index (χ0v) is 23.3. The molecule has 35 heavy (non-hydrogen) atoms. The summed E-state index contributed by atoms with van der Waals surface area (Å²) < 4.78 is 8.66. The average molecular weight is 609 g/mol. The van der Waals surface area contributed by atoms with Crippen LogP contribution >= 0.6 is 31.9 Å². The predicted octanol–water partition coefficient (Wildman–Crippen LogP) is 6.75. The second kappa shape index (κ2) is 14.9. The van der Waals surface area contributed by atoms with Crippen LogP contribution in [0.15, 0.2) is 50.1 Å². The number of rotatable bonds is 11. The lowest BCUT2D eigenvalue weighted by Crippen LogP contribution is -2.12.